The first-order chi connectivity index (χ1) is 9.13. The molecule has 0 aliphatic heterocycles. The fraction of sp³-hybridized carbons (Fsp3) is 1.00. The van der Waals surface area contributed by atoms with Crippen molar-refractivity contribution in [2.75, 3.05) is 18.8 Å². The van der Waals surface area contributed by atoms with Gasteiger partial charge in [-0.15, -0.1) is 0 Å². The van der Waals surface area contributed by atoms with Crippen LogP contribution in [-0.4, -0.2) is 32.0 Å². The summed E-state index contributed by atoms with van der Waals surface area (Å²) in [7, 11) is -2.96. The SMILES string of the molecule is CC(C)CNCC1CCCC1CCS(=O)(=O)C(C)(C)C. The molecule has 1 rings (SSSR count). The van der Waals surface area contributed by atoms with Crippen LogP contribution in [0, 0.1) is 17.8 Å². The van der Waals surface area contributed by atoms with Crippen molar-refractivity contribution < 1.29 is 8.42 Å². The maximum absolute atomic E-state index is 12.2. The van der Waals surface area contributed by atoms with Crippen LogP contribution < -0.4 is 5.32 Å². The average molecular weight is 304 g/mol. The van der Waals surface area contributed by atoms with Crippen molar-refractivity contribution in [3.8, 4) is 0 Å². The van der Waals surface area contributed by atoms with Gasteiger partial charge in [0.1, 0.15) is 0 Å². The van der Waals surface area contributed by atoms with E-state index < -0.39 is 14.6 Å². The van der Waals surface area contributed by atoms with Gasteiger partial charge in [-0.2, -0.15) is 0 Å². The quantitative estimate of drug-likeness (QED) is 0.785. The molecular formula is C16H33NO2S. The number of sulfone groups is 1. The molecule has 3 nitrogen and oxygen atoms in total. The molecule has 1 fully saturated rings. The Hall–Kier alpha value is -0.0900. The summed E-state index contributed by atoms with van der Waals surface area (Å²) in [4.78, 5) is 0. The van der Waals surface area contributed by atoms with Gasteiger partial charge in [-0.05, 0) is 64.5 Å². The van der Waals surface area contributed by atoms with Gasteiger partial charge in [-0.25, -0.2) is 8.42 Å². The van der Waals surface area contributed by atoms with Crippen LogP contribution >= 0.6 is 0 Å². The molecule has 0 aromatic heterocycles. The summed E-state index contributed by atoms with van der Waals surface area (Å²) < 4.78 is 23.8. The molecule has 120 valence electrons. The van der Waals surface area contributed by atoms with Gasteiger partial charge in [0.25, 0.3) is 0 Å². The van der Waals surface area contributed by atoms with Crippen molar-refractivity contribution in [3.05, 3.63) is 0 Å². The summed E-state index contributed by atoms with van der Waals surface area (Å²) >= 11 is 0. The molecule has 0 amide bonds. The third kappa shape index (κ3) is 5.36. The second-order valence-electron chi connectivity index (χ2n) is 7.72. The van der Waals surface area contributed by atoms with Gasteiger partial charge >= 0.3 is 0 Å². The normalized spacial score (nSPS) is 24.5. The second-order valence-corrected chi connectivity index (χ2v) is 10.6. The lowest BCUT2D eigenvalue weighted by Crippen LogP contribution is -2.33. The average Bonchev–Trinajstić information content (AvgIpc) is 2.72. The van der Waals surface area contributed by atoms with E-state index in [1.54, 1.807) is 20.8 Å². The Labute approximate surface area is 125 Å². The maximum Gasteiger partial charge on any atom is 0.155 e. The van der Waals surface area contributed by atoms with E-state index in [9.17, 15) is 8.42 Å². The monoisotopic (exact) mass is 303 g/mol. The van der Waals surface area contributed by atoms with E-state index in [-0.39, 0.29) is 0 Å². The highest BCUT2D eigenvalue weighted by molar-refractivity contribution is 7.92. The van der Waals surface area contributed by atoms with E-state index in [0.29, 0.717) is 23.5 Å². The van der Waals surface area contributed by atoms with E-state index >= 15 is 0 Å². The first kappa shape index (κ1) is 18.0. The first-order valence-corrected chi connectivity index (χ1v) is 9.71. The molecule has 0 spiro atoms. The van der Waals surface area contributed by atoms with Gasteiger partial charge in [-0.3, -0.25) is 0 Å². The minimum Gasteiger partial charge on any atom is -0.316 e. The van der Waals surface area contributed by atoms with E-state index in [4.69, 9.17) is 0 Å². The zero-order chi connectivity index (χ0) is 15.4. The van der Waals surface area contributed by atoms with Crippen molar-refractivity contribution in [3.63, 3.8) is 0 Å². The number of rotatable bonds is 7. The molecule has 20 heavy (non-hydrogen) atoms. The third-order valence-corrected chi connectivity index (χ3v) is 7.11. The molecule has 1 N–H and O–H groups in total. The Morgan fingerprint density at radius 2 is 1.75 bits per heavy atom. The zero-order valence-corrected chi connectivity index (χ0v) is 14.7. The zero-order valence-electron chi connectivity index (χ0n) is 13.9. The summed E-state index contributed by atoms with van der Waals surface area (Å²) in [5.41, 5.74) is 0. The van der Waals surface area contributed by atoms with Crippen LogP contribution in [0.25, 0.3) is 0 Å². The van der Waals surface area contributed by atoms with E-state index in [1.165, 1.54) is 19.3 Å². The summed E-state index contributed by atoms with van der Waals surface area (Å²) in [6.07, 6.45) is 4.56. The molecule has 0 radical (unpaired) electrons. The lowest BCUT2D eigenvalue weighted by Gasteiger charge is -2.24. The highest BCUT2D eigenvalue weighted by Gasteiger charge is 2.32. The predicted octanol–water partition coefficient (Wildman–Crippen LogP) is 3.25. The second kappa shape index (κ2) is 7.26. The minimum absolute atomic E-state index is 0.349. The van der Waals surface area contributed by atoms with Crippen molar-refractivity contribution in [2.45, 2.75) is 65.0 Å². The van der Waals surface area contributed by atoms with Crippen molar-refractivity contribution >= 4 is 9.84 Å². The van der Waals surface area contributed by atoms with Gasteiger partial charge < -0.3 is 5.32 Å². The molecule has 1 aliphatic carbocycles. The largest absolute Gasteiger partial charge is 0.316 e. The number of nitrogens with one attached hydrogen (secondary N) is 1. The molecule has 0 heterocycles. The first-order valence-electron chi connectivity index (χ1n) is 8.06. The standard InChI is InChI=1S/C16H33NO2S/c1-13(2)11-17-12-15-8-6-7-14(15)9-10-20(18,19)16(3,4)5/h13-15,17H,6-12H2,1-5H3. The van der Waals surface area contributed by atoms with Gasteiger partial charge in [-0.1, -0.05) is 26.7 Å². The number of hydrogen-bond donors (Lipinski definition) is 1. The Bertz CT molecular complexity index is 382. The number of hydrogen-bond acceptors (Lipinski definition) is 3. The van der Waals surface area contributed by atoms with Crippen LogP contribution in [0.3, 0.4) is 0 Å². The van der Waals surface area contributed by atoms with Crippen molar-refractivity contribution in [1.82, 2.24) is 5.32 Å². The highest BCUT2D eigenvalue weighted by atomic mass is 32.2. The van der Waals surface area contributed by atoms with Crippen LogP contribution in [0.1, 0.15) is 60.3 Å². The summed E-state index contributed by atoms with van der Waals surface area (Å²) in [5, 5.41) is 3.53. The van der Waals surface area contributed by atoms with Crippen molar-refractivity contribution in [1.29, 1.82) is 0 Å². The van der Waals surface area contributed by atoms with Crippen LogP contribution in [0.2, 0.25) is 0 Å². The molecule has 0 aromatic rings. The van der Waals surface area contributed by atoms with E-state index in [0.717, 1.165) is 19.5 Å². The van der Waals surface area contributed by atoms with Gasteiger partial charge in [0.05, 0.1) is 10.5 Å². The van der Waals surface area contributed by atoms with Gasteiger partial charge in [0.2, 0.25) is 0 Å². The van der Waals surface area contributed by atoms with Gasteiger partial charge in [0.15, 0.2) is 9.84 Å². The fourth-order valence-electron chi connectivity index (χ4n) is 2.93. The fourth-order valence-corrected chi connectivity index (χ4v) is 4.16. The summed E-state index contributed by atoms with van der Waals surface area (Å²) in [6.45, 7) is 12.0. The predicted molar refractivity (Wildman–Crippen MR) is 86.7 cm³/mol. The van der Waals surface area contributed by atoms with E-state index in [2.05, 4.69) is 19.2 Å². The minimum atomic E-state index is -2.96. The molecule has 1 saturated carbocycles. The molecule has 4 heteroatoms. The highest BCUT2D eigenvalue weighted by Crippen LogP contribution is 2.34. The molecule has 0 bridgehead atoms. The summed E-state index contributed by atoms with van der Waals surface area (Å²) in [6, 6.07) is 0. The Balaban J connectivity index is 2.43. The van der Waals surface area contributed by atoms with E-state index in [1.807, 2.05) is 0 Å². The maximum atomic E-state index is 12.2. The smallest absolute Gasteiger partial charge is 0.155 e. The van der Waals surface area contributed by atoms with Crippen LogP contribution in [0.5, 0.6) is 0 Å². The molecule has 1 aliphatic rings. The van der Waals surface area contributed by atoms with Crippen LogP contribution in [-0.2, 0) is 9.84 Å². The molecule has 2 atom stereocenters. The molecule has 0 aromatic carbocycles. The molecular weight excluding hydrogens is 270 g/mol. The molecule has 0 saturated heterocycles. The third-order valence-electron chi connectivity index (χ3n) is 4.47. The Morgan fingerprint density at radius 3 is 2.30 bits per heavy atom. The van der Waals surface area contributed by atoms with Crippen LogP contribution in [0.4, 0.5) is 0 Å². The Kier molecular flexibility index (Phi) is 6.52. The lowest BCUT2D eigenvalue weighted by molar-refractivity contribution is 0.350. The summed E-state index contributed by atoms with van der Waals surface area (Å²) in [5.74, 6) is 2.29. The van der Waals surface area contributed by atoms with Crippen LogP contribution in [0.15, 0.2) is 0 Å². The van der Waals surface area contributed by atoms with Gasteiger partial charge in [0, 0.05) is 0 Å². The Morgan fingerprint density at radius 1 is 1.15 bits per heavy atom. The lowest BCUT2D eigenvalue weighted by atomic mass is 9.93. The molecule has 2 unspecified atom stereocenters. The topological polar surface area (TPSA) is 46.2 Å². The van der Waals surface area contributed by atoms with Crippen molar-refractivity contribution in [2.24, 2.45) is 17.8 Å².